The minimum absolute atomic E-state index is 0.0737. The van der Waals surface area contributed by atoms with Crippen LogP contribution in [0.5, 0.6) is 0 Å². The molecule has 0 spiro atoms. The van der Waals surface area contributed by atoms with E-state index >= 15 is 0 Å². The number of carbonyl (C=O) groups excluding carboxylic acids is 1. The molecular formula is C20H26BrNO5. The summed E-state index contributed by atoms with van der Waals surface area (Å²) in [5.41, 5.74) is 0.388. The van der Waals surface area contributed by atoms with Crippen molar-refractivity contribution < 1.29 is 19.6 Å². The number of esters is 1. The van der Waals surface area contributed by atoms with Crippen LogP contribution >= 0.6 is 15.9 Å². The zero-order chi connectivity index (χ0) is 20.1. The number of benzene rings is 1. The van der Waals surface area contributed by atoms with Gasteiger partial charge in [0, 0.05) is 12.1 Å². The average molecular weight is 440 g/mol. The summed E-state index contributed by atoms with van der Waals surface area (Å²) >= 11 is 3.14. The number of nitro benzene ring substituents is 1. The summed E-state index contributed by atoms with van der Waals surface area (Å²) in [4.78, 5) is 24.3. The van der Waals surface area contributed by atoms with Gasteiger partial charge < -0.3 is 9.84 Å². The Balaban J connectivity index is 2.13. The highest BCUT2D eigenvalue weighted by atomic mass is 79.9. The Morgan fingerprint density at radius 3 is 2.48 bits per heavy atom. The molecule has 2 rings (SSSR count). The van der Waals surface area contributed by atoms with Gasteiger partial charge in [0.25, 0.3) is 5.69 Å². The van der Waals surface area contributed by atoms with Crippen molar-refractivity contribution >= 4 is 27.6 Å². The van der Waals surface area contributed by atoms with Gasteiger partial charge in [-0.1, -0.05) is 43.1 Å². The molecule has 1 aromatic carbocycles. The molecule has 148 valence electrons. The Morgan fingerprint density at radius 1 is 1.33 bits per heavy atom. The van der Waals surface area contributed by atoms with Crippen molar-refractivity contribution in [2.75, 3.05) is 0 Å². The molecule has 0 saturated heterocycles. The number of aliphatic hydroxyl groups is 1. The molecule has 0 aliphatic heterocycles. The largest absolute Gasteiger partial charge is 0.459 e. The number of hydrogen-bond acceptors (Lipinski definition) is 5. The quantitative estimate of drug-likeness (QED) is 0.294. The summed E-state index contributed by atoms with van der Waals surface area (Å²) in [5.74, 6) is 0.640. The Morgan fingerprint density at radius 2 is 1.96 bits per heavy atom. The van der Waals surface area contributed by atoms with Gasteiger partial charge in [0.1, 0.15) is 12.2 Å². The fourth-order valence-electron chi connectivity index (χ4n) is 3.63. The van der Waals surface area contributed by atoms with Crippen molar-refractivity contribution in [1.29, 1.82) is 0 Å². The molecule has 27 heavy (non-hydrogen) atoms. The molecule has 1 aliphatic carbocycles. The summed E-state index contributed by atoms with van der Waals surface area (Å²) in [7, 11) is 0. The zero-order valence-electron chi connectivity index (χ0n) is 15.8. The van der Waals surface area contributed by atoms with Crippen molar-refractivity contribution in [1.82, 2.24) is 0 Å². The molecule has 1 saturated carbocycles. The van der Waals surface area contributed by atoms with Gasteiger partial charge in [0.2, 0.25) is 0 Å². The topological polar surface area (TPSA) is 89.7 Å². The van der Waals surface area contributed by atoms with Crippen LogP contribution in [0.25, 0.3) is 0 Å². The van der Waals surface area contributed by atoms with Crippen LogP contribution in [0, 0.1) is 27.9 Å². The smallest absolute Gasteiger partial charge is 0.337 e. The molecule has 1 N–H and O–H groups in total. The minimum Gasteiger partial charge on any atom is -0.459 e. The third-order valence-electron chi connectivity index (χ3n) is 5.29. The molecule has 0 radical (unpaired) electrons. The van der Waals surface area contributed by atoms with E-state index in [0.29, 0.717) is 23.3 Å². The van der Waals surface area contributed by atoms with Crippen LogP contribution in [0.3, 0.4) is 0 Å². The second-order valence-electron chi connectivity index (χ2n) is 7.59. The molecule has 0 amide bonds. The number of nitrogens with zero attached hydrogens (tertiary/aromatic N) is 1. The maximum absolute atomic E-state index is 12.7. The van der Waals surface area contributed by atoms with E-state index in [1.54, 1.807) is 0 Å². The lowest BCUT2D eigenvalue weighted by Gasteiger charge is -2.37. The first-order chi connectivity index (χ1) is 12.7. The van der Waals surface area contributed by atoms with Crippen molar-refractivity contribution in [3.8, 4) is 0 Å². The van der Waals surface area contributed by atoms with Gasteiger partial charge in [-0.05, 0) is 53.3 Å². The maximum atomic E-state index is 12.7. The van der Waals surface area contributed by atoms with E-state index in [2.05, 4.69) is 36.7 Å². The highest BCUT2D eigenvalue weighted by molar-refractivity contribution is 9.11. The number of nitro groups is 1. The molecule has 7 heteroatoms. The van der Waals surface area contributed by atoms with E-state index in [1.165, 1.54) is 29.3 Å². The first-order valence-electron chi connectivity index (χ1n) is 9.18. The highest BCUT2D eigenvalue weighted by Crippen LogP contribution is 2.36. The van der Waals surface area contributed by atoms with Gasteiger partial charge in [-0.25, -0.2) is 4.79 Å². The molecule has 1 fully saturated rings. The van der Waals surface area contributed by atoms with Crippen molar-refractivity contribution in [3.05, 3.63) is 50.5 Å². The number of aliphatic hydroxyl groups excluding tert-OH is 1. The van der Waals surface area contributed by atoms with Gasteiger partial charge >= 0.3 is 5.97 Å². The normalized spacial score (nSPS) is 24.5. The van der Waals surface area contributed by atoms with Crippen molar-refractivity contribution in [2.24, 2.45) is 17.8 Å². The molecular weight excluding hydrogens is 414 g/mol. The van der Waals surface area contributed by atoms with Crippen LogP contribution in [0.1, 0.15) is 51.7 Å². The second kappa shape index (κ2) is 9.46. The van der Waals surface area contributed by atoms with E-state index in [9.17, 15) is 20.0 Å². The molecule has 1 aliphatic rings. The van der Waals surface area contributed by atoms with Crippen LogP contribution in [0.15, 0.2) is 34.8 Å². The average Bonchev–Trinajstić information content (AvgIpc) is 2.62. The Hall–Kier alpha value is -1.73. The Bertz CT molecular complexity index is 701. The lowest BCUT2D eigenvalue weighted by atomic mass is 9.75. The van der Waals surface area contributed by atoms with Crippen LogP contribution in [-0.2, 0) is 9.53 Å². The third-order valence-corrected chi connectivity index (χ3v) is 5.78. The van der Waals surface area contributed by atoms with Gasteiger partial charge in [-0.3, -0.25) is 10.1 Å². The van der Waals surface area contributed by atoms with Crippen molar-refractivity contribution in [3.63, 3.8) is 0 Å². The molecule has 1 aromatic rings. The minimum atomic E-state index is -1.23. The summed E-state index contributed by atoms with van der Waals surface area (Å²) in [6, 6.07) is 5.47. The molecule has 6 nitrogen and oxygen atoms in total. The fourth-order valence-corrected chi connectivity index (χ4v) is 4.07. The Labute approximate surface area is 167 Å². The fraction of sp³-hybridized carbons (Fsp3) is 0.550. The predicted octanol–water partition coefficient (Wildman–Crippen LogP) is 4.91. The molecule has 4 atom stereocenters. The molecule has 0 heterocycles. The van der Waals surface area contributed by atoms with Crippen LogP contribution in [0.2, 0.25) is 0 Å². The van der Waals surface area contributed by atoms with E-state index in [4.69, 9.17) is 4.74 Å². The number of hydrogen-bond donors (Lipinski definition) is 1. The van der Waals surface area contributed by atoms with Crippen LogP contribution in [0.4, 0.5) is 5.69 Å². The third kappa shape index (κ3) is 5.39. The number of halogens is 1. The number of non-ortho nitro benzene ring substituents is 1. The Kier molecular flexibility index (Phi) is 7.56. The molecule has 0 aromatic heterocycles. The van der Waals surface area contributed by atoms with Gasteiger partial charge in [0.15, 0.2) is 0 Å². The maximum Gasteiger partial charge on any atom is 0.337 e. The van der Waals surface area contributed by atoms with E-state index in [-0.39, 0.29) is 17.4 Å². The summed E-state index contributed by atoms with van der Waals surface area (Å²) in [6.07, 6.45) is 1.57. The SMILES string of the molecule is CC(C)[C@@H]1CC[C@@H](C)C[C@H]1OC(=O)/C(=C\Br)C(O)c1ccc([N+](=O)[O-])cc1. The summed E-state index contributed by atoms with van der Waals surface area (Å²) in [5, 5.41) is 21.3. The van der Waals surface area contributed by atoms with Gasteiger partial charge in [-0.2, -0.15) is 0 Å². The van der Waals surface area contributed by atoms with E-state index in [0.717, 1.165) is 19.3 Å². The lowest BCUT2D eigenvalue weighted by molar-refractivity contribution is -0.384. The lowest BCUT2D eigenvalue weighted by Crippen LogP contribution is -2.36. The standard InChI is InChI=1S/C20H26BrNO5/c1-12(2)16-9-4-13(3)10-18(16)27-20(24)17(11-21)19(23)14-5-7-15(8-6-14)22(25)26/h5-8,11-13,16,18-19,23H,4,9-10H2,1-3H3/b17-11-/t13-,16+,18-,19?/m1/s1. The van der Waals surface area contributed by atoms with E-state index in [1.807, 2.05) is 0 Å². The van der Waals surface area contributed by atoms with Crippen molar-refractivity contribution in [2.45, 2.75) is 52.2 Å². The molecule has 1 unspecified atom stereocenters. The summed E-state index contributed by atoms with van der Waals surface area (Å²) < 4.78 is 5.79. The zero-order valence-corrected chi connectivity index (χ0v) is 17.4. The first-order valence-corrected chi connectivity index (χ1v) is 10.1. The predicted molar refractivity (Wildman–Crippen MR) is 106 cm³/mol. The first kappa shape index (κ1) is 21.6. The summed E-state index contributed by atoms with van der Waals surface area (Å²) in [6.45, 7) is 6.42. The number of rotatable bonds is 6. The van der Waals surface area contributed by atoms with Gasteiger partial charge in [-0.15, -0.1) is 0 Å². The number of ether oxygens (including phenoxy) is 1. The highest BCUT2D eigenvalue weighted by Gasteiger charge is 2.35. The van der Waals surface area contributed by atoms with E-state index < -0.39 is 17.0 Å². The monoisotopic (exact) mass is 439 g/mol. The van der Waals surface area contributed by atoms with Crippen LogP contribution in [-0.4, -0.2) is 22.1 Å². The second-order valence-corrected chi connectivity index (χ2v) is 8.04. The molecule has 0 bridgehead atoms. The number of carbonyl (C=O) groups is 1. The van der Waals surface area contributed by atoms with Gasteiger partial charge in [0.05, 0.1) is 10.5 Å². The van der Waals surface area contributed by atoms with Crippen LogP contribution < -0.4 is 0 Å².